The Labute approximate surface area is 319 Å². The molecule has 1 heterocycles. The van der Waals surface area contributed by atoms with Gasteiger partial charge in [0.25, 0.3) is 0 Å². The van der Waals surface area contributed by atoms with Crippen LogP contribution in [0.15, 0.2) is 30.3 Å². The summed E-state index contributed by atoms with van der Waals surface area (Å²) in [6.07, 6.45) is 1.70. The Balaban J connectivity index is 0.00000313. The lowest BCUT2D eigenvalue weighted by molar-refractivity contribution is -0.147. The highest BCUT2D eigenvalue weighted by molar-refractivity contribution is 5.88. The third-order valence-corrected chi connectivity index (χ3v) is 11.0. The van der Waals surface area contributed by atoms with E-state index in [0.29, 0.717) is 11.5 Å². The normalized spacial score (nSPS) is 22.3. The predicted molar refractivity (Wildman–Crippen MR) is 209 cm³/mol. The number of hydrogen-bond donors (Lipinski definition) is 3. The molecule has 1 saturated heterocycles. The molecule has 12 heteroatoms. The van der Waals surface area contributed by atoms with E-state index in [-0.39, 0.29) is 66.6 Å². The Bertz CT molecular complexity index is 1290. The van der Waals surface area contributed by atoms with E-state index in [4.69, 9.17) is 9.47 Å². The maximum atomic E-state index is 14.2. The van der Waals surface area contributed by atoms with Crippen molar-refractivity contribution < 1.29 is 33.8 Å². The van der Waals surface area contributed by atoms with E-state index >= 15 is 0 Å². The van der Waals surface area contributed by atoms with Gasteiger partial charge in [-0.25, -0.2) is 0 Å². The molecule has 11 atom stereocenters. The summed E-state index contributed by atoms with van der Waals surface area (Å²) in [5.74, 6) is -0.967. The van der Waals surface area contributed by atoms with Crippen molar-refractivity contribution in [1.82, 2.24) is 25.3 Å². The van der Waals surface area contributed by atoms with Crippen LogP contribution in [0.2, 0.25) is 0 Å². The Hall–Kier alpha value is -3.06. The number of piperidine rings is 1. The maximum Gasteiger partial charge on any atom is 0.242 e. The van der Waals surface area contributed by atoms with Crippen LogP contribution in [-0.4, -0.2) is 128 Å². The van der Waals surface area contributed by atoms with Crippen molar-refractivity contribution >= 4 is 23.6 Å². The Morgan fingerprint density at radius 3 is 2.04 bits per heavy atom. The Morgan fingerprint density at radius 2 is 1.53 bits per heavy atom. The standard InChI is InChI=1S/C38H63N5O7.C3H8/c1-12-23(4)34(42(9)32(45)21-39-38(48)33(22(2)3)41(7)8)30(49-10)20-31(44)43-28-18-27(28)19-29(43)36(50-11)24(5)37(47)40-25(6)35(46)26-16-14-13-15-17-26;1-3-2/h13-17,22-25,27-30,33-36,46H,12,18-21H2,1-11H3,(H,39,48)(H,40,47);3H2,1-2H3. The molecule has 1 saturated carbocycles. The molecule has 0 aromatic heterocycles. The number of likely N-dealkylation sites (tertiary alicyclic amines) is 1. The van der Waals surface area contributed by atoms with Gasteiger partial charge >= 0.3 is 0 Å². The van der Waals surface area contributed by atoms with E-state index in [1.54, 1.807) is 40.0 Å². The fraction of sp³-hybridized carbons (Fsp3) is 0.756. The summed E-state index contributed by atoms with van der Waals surface area (Å²) in [5.41, 5.74) is 0.716. The van der Waals surface area contributed by atoms with Gasteiger partial charge in [0.2, 0.25) is 23.6 Å². The molecule has 0 radical (unpaired) electrons. The van der Waals surface area contributed by atoms with E-state index < -0.39 is 36.3 Å². The van der Waals surface area contributed by atoms with Crippen LogP contribution in [0.3, 0.4) is 0 Å². The van der Waals surface area contributed by atoms with Gasteiger partial charge in [0.1, 0.15) is 0 Å². The third kappa shape index (κ3) is 12.2. The average molecular weight is 746 g/mol. The molecule has 53 heavy (non-hydrogen) atoms. The fourth-order valence-electron chi connectivity index (χ4n) is 7.93. The first-order valence-electron chi connectivity index (χ1n) is 19.6. The summed E-state index contributed by atoms with van der Waals surface area (Å²) in [6.45, 7) is 15.7. The van der Waals surface area contributed by atoms with Crippen molar-refractivity contribution in [2.75, 3.05) is 41.9 Å². The van der Waals surface area contributed by atoms with Gasteiger partial charge in [-0.05, 0) is 57.2 Å². The van der Waals surface area contributed by atoms with Gasteiger partial charge in [-0.2, -0.15) is 0 Å². The lowest BCUT2D eigenvalue weighted by Crippen LogP contribution is -2.55. The largest absolute Gasteiger partial charge is 0.386 e. The first-order valence-corrected chi connectivity index (χ1v) is 19.6. The quantitative estimate of drug-likeness (QED) is 0.191. The molecular weight excluding hydrogens is 674 g/mol. The number of rotatable bonds is 19. The molecule has 11 unspecified atom stereocenters. The summed E-state index contributed by atoms with van der Waals surface area (Å²) >= 11 is 0. The van der Waals surface area contributed by atoms with E-state index in [0.717, 1.165) is 19.3 Å². The maximum absolute atomic E-state index is 14.2. The lowest BCUT2D eigenvalue weighted by atomic mass is 9.90. The minimum Gasteiger partial charge on any atom is -0.386 e. The number of fused-ring (bicyclic) bond motifs is 1. The Morgan fingerprint density at radius 1 is 0.925 bits per heavy atom. The lowest BCUT2D eigenvalue weighted by Gasteiger charge is -2.40. The van der Waals surface area contributed by atoms with Crippen LogP contribution in [0.4, 0.5) is 0 Å². The molecule has 2 aliphatic rings. The SMILES string of the molecule is CCC.CCC(C)C(C(CC(=O)N1C2CC2CC1C(OC)C(C)C(=O)NC(C)C(O)c1ccccc1)OC)N(C)C(=O)CNC(=O)C(C(C)C)N(C)C. The number of methoxy groups -OCH3 is 2. The molecule has 0 spiro atoms. The number of nitrogens with one attached hydrogen (secondary N) is 2. The summed E-state index contributed by atoms with van der Waals surface area (Å²) in [4.78, 5) is 59.5. The second-order valence-corrected chi connectivity index (χ2v) is 15.7. The van der Waals surface area contributed by atoms with Crippen molar-refractivity contribution in [3.8, 4) is 0 Å². The fourth-order valence-corrected chi connectivity index (χ4v) is 7.93. The number of amides is 4. The van der Waals surface area contributed by atoms with Crippen LogP contribution in [0, 0.1) is 23.7 Å². The van der Waals surface area contributed by atoms with Gasteiger partial charge in [0.05, 0.1) is 61.4 Å². The zero-order valence-electron chi connectivity index (χ0n) is 34.8. The third-order valence-electron chi connectivity index (χ3n) is 11.0. The number of benzene rings is 1. The molecule has 3 rings (SSSR count). The summed E-state index contributed by atoms with van der Waals surface area (Å²) in [7, 11) is 8.53. The first-order chi connectivity index (χ1) is 25.0. The van der Waals surface area contributed by atoms with Gasteiger partial charge < -0.3 is 35.0 Å². The minimum atomic E-state index is -0.869. The number of likely N-dealkylation sites (N-methyl/N-ethyl adjacent to an activating group) is 2. The van der Waals surface area contributed by atoms with Crippen LogP contribution in [0.5, 0.6) is 0 Å². The second kappa shape index (κ2) is 21.7. The molecule has 2 fully saturated rings. The first kappa shape index (κ1) is 46.1. The Kier molecular flexibility index (Phi) is 18.9. The highest BCUT2D eigenvalue weighted by Crippen LogP contribution is 2.50. The molecule has 0 bridgehead atoms. The van der Waals surface area contributed by atoms with Gasteiger partial charge in [-0.15, -0.1) is 0 Å². The van der Waals surface area contributed by atoms with E-state index in [1.165, 1.54) is 6.42 Å². The van der Waals surface area contributed by atoms with E-state index in [2.05, 4.69) is 24.5 Å². The minimum absolute atomic E-state index is 0.00862. The van der Waals surface area contributed by atoms with Gasteiger partial charge in [-0.3, -0.25) is 24.1 Å². The van der Waals surface area contributed by atoms with E-state index in [9.17, 15) is 24.3 Å². The predicted octanol–water partition coefficient (Wildman–Crippen LogP) is 4.26. The molecule has 12 nitrogen and oxygen atoms in total. The van der Waals surface area contributed by atoms with Crippen LogP contribution in [0.1, 0.15) is 99.2 Å². The second-order valence-electron chi connectivity index (χ2n) is 15.7. The number of nitrogens with zero attached hydrogens (tertiary/aromatic N) is 3. The number of aliphatic hydroxyl groups excluding tert-OH is 1. The van der Waals surface area contributed by atoms with Crippen molar-refractivity contribution in [2.45, 2.75) is 136 Å². The highest BCUT2D eigenvalue weighted by atomic mass is 16.5. The van der Waals surface area contributed by atoms with Crippen molar-refractivity contribution in [2.24, 2.45) is 23.7 Å². The van der Waals surface area contributed by atoms with Crippen molar-refractivity contribution in [3.05, 3.63) is 35.9 Å². The molecule has 302 valence electrons. The van der Waals surface area contributed by atoms with Gasteiger partial charge in [-0.1, -0.05) is 91.6 Å². The summed E-state index contributed by atoms with van der Waals surface area (Å²) in [6, 6.07) is 7.68. The molecule has 1 aliphatic heterocycles. The van der Waals surface area contributed by atoms with Crippen molar-refractivity contribution in [1.29, 1.82) is 0 Å². The number of carbonyl (C=O) groups excluding carboxylic acids is 4. The van der Waals surface area contributed by atoms with Crippen molar-refractivity contribution in [3.63, 3.8) is 0 Å². The van der Waals surface area contributed by atoms with E-state index in [1.807, 2.05) is 81.9 Å². The number of aliphatic hydroxyl groups is 1. The van der Waals surface area contributed by atoms with Crippen LogP contribution < -0.4 is 10.6 Å². The zero-order valence-corrected chi connectivity index (χ0v) is 34.8. The molecular formula is C41H71N5O7. The topological polar surface area (TPSA) is 141 Å². The zero-order chi connectivity index (χ0) is 40.2. The number of hydrogen-bond acceptors (Lipinski definition) is 8. The highest BCUT2D eigenvalue weighted by Gasteiger charge is 2.57. The molecule has 4 amide bonds. The summed E-state index contributed by atoms with van der Waals surface area (Å²) < 4.78 is 11.9. The number of ether oxygens (including phenoxy) is 2. The molecule has 3 N–H and O–H groups in total. The summed E-state index contributed by atoms with van der Waals surface area (Å²) in [5, 5.41) is 16.6. The molecule has 1 aliphatic carbocycles. The van der Waals surface area contributed by atoms with Crippen LogP contribution >= 0.6 is 0 Å². The van der Waals surface area contributed by atoms with Gasteiger partial charge in [0.15, 0.2) is 0 Å². The molecule has 1 aromatic rings. The number of carbonyl (C=O) groups is 4. The van der Waals surface area contributed by atoms with Gasteiger partial charge in [0, 0.05) is 27.3 Å². The monoisotopic (exact) mass is 746 g/mol. The molecule has 1 aromatic carbocycles. The van der Waals surface area contributed by atoms with Crippen LogP contribution in [-0.2, 0) is 28.7 Å². The van der Waals surface area contributed by atoms with Crippen LogP contribution in [0.25, 0.3) is 0 Å². The average Bonchev–Trinajstić information content (AvgIpc) is 3.78. The smallest absolute Gasteiger partial charge is 0.242 e.